The van der Waals surface area contributed by atoms with Gasteiger partial charge in [-0.05, 0) is 61.4 Å². The summed E-state index contributed by atoms with van der Waals surface area (Å²) in [5.74, 6) is 0.289. The smallest absolute Gasteiger partial charge is 0.227 e. The second-order valence-electron chi connectivity index (χ2n) is 7.75. The predicted octanol–water partition coefficient (Wildman–Crippen LogP) is 5.80. The molecule has 7 nitrogen and oxygen atoms in total. The number of halogens is 1. The van der Waals surface area contributed by atoms with Crippen molar-refractivity contribution in [3.05, 3.63) is 60.3 Å². The number of aromatic nitrogens is 6. The van der Waals surface area contributed by atoms with Crippen molar-refractivity contribution in [2.45, 2.75) is 49.8 Å². The van der Waals surface area contributed by atoms with Crippen molar-refractivity contribution in [3.8, 4) is 11.1 Å². The third kappa shape index (κ3) is 4.77. The molecule has 0 saturated carbocycles. The van der Waals surface area contributed by atoms with Crippen LogP contribution in [0.4, 0.5) is 16.0 Å². The molecule has 0 radical (unpaired) electrons. The van der Waals surface area contributed by atoms with E-state index in [9.17, 15) is 4.39 Å². The first-order valence-corrected chi connectivity index (χ1v) is 10.9. The van der Waals surface area contributed by atoms with Crippen LogP contribution in [-0.4, -0.2) is 29.9 Å². The monoisotopic (exact) mass is 437 g/mol. The molecule has 3 heterocycles. The minimum atomic E-state index is -0.289. The van der Waals surface area contributed by atoms with Crippen LogP contribution in [0.3, 0.4) is 0 Å². The summed E-state index contributed by atoms with van der Waals surface area (Å²) in [4.78, 5) is 7.36. The first-order chi connectivity index (χ1) is 14.9. The summed E-state index contributed by atoms with van der Waals surface area (Å²) in [7, 11) is 0. The normalized spacial score (nSPS) is 11.5. The topological polar surface area (TPSA) is 84.3 Å². The van der Waals surface area contributed by atoms with Crippen LogP contribution < -0.4 is 5.32 Å². The Labute approximate surface area is 184 Å². The second-order valence-corrected chi connectivity index (χ2v) is 8.76. The molecule has 0 amide bonds. The molecule has 0 unspecified atom stereocenters. The molecular weight excluding hydrogens is 413 g/mol. The average Bonchev–Trinajstić information content (AvgIpc) is 3.39. The number of H-pyrrole nitrogens is 1. The molecule has 0 fully saturated rings. The maximum absolute atomic E-state index is 14.4. The standard InChI is InChI=1S/C22H24FN7S/c1-13(2)17-10-16(23)11-18(15-6-5-8-24-12-15)20(17)25-21-26-22(28-27-21)31-19-7-9-30(29-19)14(3)4/h5-14H,1-4H3,(H2,25,26,27,28). The summed E-state index contributed by atoms with van der Waals surface area (Å²) < 4.78 is 16.3. The fraction of sp³-hybridized carbons (Fsp3) is 0.273. The molecular formula is C22H24FN7S. The first kappa shape index (κ1) is 21.0. The van der Waals surface area contributed by atoms with E-state index in [2.05, 4.69) is 44.4 Å². The maximum Gasteiger partial charge on any atom is 0.227 e. The van der Waals surface area contributed by atoms with Crippen molar-refractivity contribution in [2.24, 2.45) is 0 Å². The fourth-order valence-corrected chi connectivity index (χ4v) is 3.89. The lowest BCUT2D eigenvalue weighted by atomic mass is 9.94. The van der Waals surface area contributed by atoms with Gasteiger partial charge in [-0.1, -0.05) is 19.9 Å². The van der Waals surface area contributed by atoms with Crippen molar-refractivity contribution in [1.29, 1.82) is 0 Å². The molecule has 0 bridgehead atoms. The number of nitrogens with zero attached hydrogens (tertiary/aromatic N) is 5. The summed E-state index contributed by atoms with van der Waals surface area (Å²) >= 11 is 1.40. The van der Waals surface area contributed by atoms with Gasteiger partial charge in [-0.25, -0.2) is 4.39 Å². The maximum atomic E-state index is 14.4. The van der Waals surface area contributed by atoms with Crippen molar-refractivity contribution < 1.29 is 4.39 Å². The van der Waals surface area contributed by atoms with E-state index >= 15 is 0 Å². The zero-order chi connectivity index (χ0) is 22.0. The number of rotatable bonds is 7. The van der Waals surface area contributed by atoms with Crippen molar-refractivity contribution in [1.82, 2.24) is 29.9 Å². The van der Waals surface area contributed by atoms with Crippen LogP contribution in [0, 0.1) is 5.82 Å². The van der Waals surface area contributed by atoms with Gasteiger partial charge in [0.15, 0.2) is 5.16 Å². The average molecular weight is 438 g/mol. The van der Waals surface area contributed by atoms with E-state index < -0.39 is 0 Å². The molecule has 0 spiro atoms. The largest absolute Gasteiger partial charge is 0.324 e. The molecule has 2 N–H and O–H groups in total. The van der Waals surface area contributed by atoms with Gasteiger partial charge in [-0.3, -0.25) is 9.67 Å². The number of benzene rings is 1. The Hall–Kier alpha value is -3.20. The van der Waals surface area contributed by atoms with E-state index in [0.29, 0.717) is 17.1 Å². The van der Waals surface area contributed by atoms with Crippen LogP contribution in [0.15, 0.2) is 59.1 Å². The molecule has 0 aliphatic heterocycles. The van der Waals surface area contributed by atoms with E-state index in [4.69, 9.17) is 0 Å². The van der Waals surface area contributed by atoms with Gasteiger partial charge in [0.05, 0.1) is 5.69 Å². The Balaban J connectivity index is 1.64. The number of nitrogens with one attached hydrogen (secondary N) is 2. The molecule has 0 aliphatic carbocycles. The number of aromatic amines is 1. The zero-order valence-corrected chi connectivity index (χ0v) is 18.6. The minimum Gasteiger partial charge on any atom is -0.324 e. The molecule has 160 valence electrons. The fourth-order valence-electron chi connectivity index (χ4n) is 3.20. The van der Waals surface area contributed by atoms with E-state index in [0.717, 1.165) is 27.4 Å². The number of anilines is 2. The van der Waals surface area contributed by atoms with Gasteiger partial charge in [0.25, 0.3) is 0 Å². The van der Waals surface area contributed by atoms with Gasteiger partial charge in [0.1, 0.15) is 10.8 Å². The van der Waals surface area contributed by atoms with Gasteiger partial charge in [-0.2, -0.15) is 5.10 Å². The Bertz CT molecular complexity index is 1170. The number of hydrogen-bond donors (Lipinski definition) is 2. The second kappa shape index (κ2) is 8.89. The quantitative estimate of drug-likeness (QED) is 0.380. The molecule has 9 heteroatoms. The molecule has 4 rings (SSSR count). The van der Waals surface area contributed by atoms with E-state index in [1.54, 1.807) is 18.5 Å². The van der Waals surface area contributed by atoms with Crippen molar-refractivity contribution in [2.75, 3.05) is 5.32 Å². The van der Waals surface area contributed by atoms with E-state index in [1.165, 1.54) is 17.8 Å². The Morgan fingerprint density at radius 1 is 1.13 bits per heavy atom. The van der Waals surface area contributed by atoms with E-state index in [1.807, 2.05) is 42.9 Å². The van der Waals surface area contributed by atoms with Crippen molar-refractivity contribution >= 4 is 23.4 Å². The molecule has 3 aromatic heterocycles. The van der Waals surface area contributed by atoms with Crippen LogP contribution >= 0.6 is 11.8 Å². The van der Waals surface area contributed by atoms with Gasteiger partial charge < -0.3 is 10.3 Å². The minimum absolute atomic E-state index is 0.102. The van der Waals surface area contributed by atoms with Gasteiger partial charge in [0, 0.05) is 35.8 Å². The van der Waals surface area contributed by atoms with Crippen LogP contribution in [-0.2, 0) is 0 Å². The third-order valence-corrected chi connectivity index (χ3v) is 5.56. The molecule has 0 aliphatic rings. The van der Waals surface area contributed by atoms with Crippen LogP contribution in [0.1, 0.15) is 45.2 Å². The lowest BCUT2D eigenvalue weighted by Crippen LogP contribution is -2.03. The molecule has 4 aromatic rings. The highest BCUT2D eigenvalue weighted by molar-refractivity contribution is 7.99. The van der Waals surface area contributed by atoms with Gasteiger partial charge >= 0.3 is 0 Å². The van der Waals surface area contributed by atoms with Crippen LogP contribution in [0.25, 0.3) is 11.1 Å². The van der Waals surface area contributed by atoms with Crippen molar-refractivity contribution in [3.63, 3.8) is 0 Å². The third-order valence-electron chi connectivity index (χ3n) is 4.75. The van der Waals surface area contributed by atoms with Crippen LogP contribution in [0.5, 0.6) is 0 Å². The summed E-state index contributed by atoms with van der Waals surface area (Å²) in [5.41, 5.74) is 3.17. The number of hydrogen-bond acceptors (Lipinski definition) is 6. The molecule has 1 aromatic carbocycles. The zero-order valence-electron chi connectivity index (χ0n) is 17.8. The Kier molecular flexibility index (Phi) is 6.03. The van der Waals surface area contributed by atoms with Gasteiger partial charge in [0.2, 0.25) is 5.95 Å². The summed E-state index contributed by atoms with van der Waals surface area (Å²) in [5, 5.41) is 17.7. The highest BCUT2D eigenvalue weighted by atomic mass is 32.2. The van der Waals surface area contributed by atoms with Crippen LogP contribution in [0.2, 0.25) is 0 Å². The SMILES string of the molecule is CC(C)c1cc(F)cc(-c2cccnc2)c1Nc1nnc(Sc2ccn(C(C)C)n2)[nH]1. The highest BCUT2D eigenvalue weighted by Crippen LogP contribution is 2.37. The first-order valence-electron chi connectivity index (χ1n) is 10.1. The Morgan fingerprint density at radius 3 is 2.65 bits per heavy atom. The lowest BCUT2D eigenvalue weighted by Gasteiger charge is -2.18. The van der Waals surface area contributed by atoms with E-state index in [-0.39, 0.29) is 11.7 Å². The Morgan fingerprint density at radius 2 is 1.97 bits per heavy atom. The summed E-state index contributed by atoms with van der Waals surface area (Å²) in [6, 6.07) is 9.04. The summed E-state index contributed by atoms with van der Waals surface area (Å²) in [6.45, 7) is 8.21. The van der Waals surface area contributed by atoms with Gasteiger partial charge in [-0.15, -0.1) is 10.2 Å². The highest BCUT2D eigenvalue weighted by Gasteiger charge is 2.17. The predicted molar refractivity (Wildman–Crippen MR) is 120 cm³/mol. The lowest BCUT2D eigenvalue weighted by molar-refractivity contribution is 0.522. The molecule has 0 atom stereocenters. The molecule has 0 saturated heterocycles. The summed E-state index contributed by atoms with van der Waals surface area (Å²) in [6.07, 6.45) is 5.35. The number of pyridine rings is 1. The molecule has 31 heavy (non-hydrogen) atoms.